The zero-order chi connectivity index (χ0) is 8.15. The van der Waals surface area contributed by atoms with Crippen LogP contribution in [0, 0.1) is 0 Å². The molecule has 0 aromatic carbocycles. The normalized spacial score (nSPS) is 11.4. The number of Topliss-reactive ketones (excluding diaryl/α,β-unsaturated/α-hetero) is 1. The molecule has 0 radical (unpaired) electrons. The molecule has 10 heavy (non-hydrogen) atoms. The first-order chi connectivity index (χ1) is 4.57. The molecule has 2 heteroatoms. The van der Waals surface area contributed by atoms with E-state index >= 15 is 0 Å². The number of carbonyl (C=O) groups excluding carboxylic acids is 1. The predicted octanol–water partition coefficient (Wildman–Crippen LogP) is 1.43. The first kappa shape index (κ1) is 9.21. The summed E-state index contributed by atoms with van der Waals surface area (Å²) in [6.45, 7) is 6.39. The van der Waals surface area contributed by atoms with Crippen molar-refractivity contribution in [3.05, 3.63) is 11.8 Å². The van der Waals surface area contributed by atoms with Crippen LogP contribution in [0.1, 0.15) is 20.8 Å². The van der Waals surface area contributed by atoms with Gasteiger partial charge in [0.2, 0.25) is 0 Å². The van der Waals surface area contributed by atoms with Crippen LogP contribution >= 0.6 is 0 Å². The molecule has 0 heterocycles. The second-order valence-corrected chi connectivity index (χ2v) is 2.44. The molecule has 0 unspecified atom stereocenters. The van der Waals surface area contributed by atoms with Crippen LogP contribution in [0.2, 0.25) is 0 Å². The van der Waals surface area contributed by atoms with Crippen molar-refractivity contribution in [2.75, 3.05) is 13.6 Å². The van der Waals surface area contributed by atoms with Crippen LogP contribution in [0.5, 0.6) is 0 Å². The van der Waals surface area contributed by atoms with E-state index in [1.807, 2.05) is 32.0 Å². The minimum atomic E-state index is 0.139. The fourth-order valence-corrected chi connectivity index (χ4v) is 0.513. The Kier molecular flexibility index (Phi) is 3.77. The van der Waals surface area contributed by atoms with Gasteiger partial charge in [-0.1, -0.05) is 0 Å². The lowest BCUT2D eigenvalue weighted by Crippen LogP contribution is -2.11. The highest BCUT2D eigenvalue weighted by molar-refractivity contribution is 5.92. The third kappa shape index (κ3) is 3.28. The standard InChI is InChI=1S/C8H15NO/c1-5-9(4)6-7(2)8(3)10/h6H,5H2,1-4H3/b7-6-. The van der Waals surface area contributed by atoms with Crippen molar-refractivity contribution in [3.63, 3.8) is 0 Å². The number of hydrogen-bond donors (Lipinski definition) is 0. The molecule has 0 saturated carbocycles. The molecule has 58 valence electrons. The van der Waals surface area contributed by atoms with Crippen LogP contribution in [-0.4, -0.2) is 24.3 Å². The molecule has 0 aliphatic carbocycles. The summed E-state index contributed by atoms with van der Waals surface area (Å²) in [5.74, 6) is 0.139. The minimum absolute atomic E-state index is 0.139. The average Bonchev–Trinajstić information content (AvgIpc) is 1.87. The molecule has 0 fully saturated rings. The molecule has 0 aromatic rings. The maximum absolute atomic E-state index is 10.7. The number of carbonyl (C=O) groups is 1. The van der Waals surface area contributed by atoms with Gasteiger partial charge in [-0.2, -0.15) is 0 Å². The van der Waals surface area contributed by atoms with Crippen molar-refractivity contribution in [1.29, 1.82) is 0 Å². The summed E-state index contributed by atoms with van der Waals surface area (Å²) >= 11 is 0. The van der Waals surface area contributed by atoms with Gasteiger partial charge in [0, 0.05) is 25.4 Å². The van der Waals surface area contributed by atoms with Crippen LogP contribution in [-0.2, 0) is 4.79 Å². The van der Waals surface area contributed by atoms with Crippen LogP contribution in [0.25, 0.3) is 0 Å². The summed E-state index contributed by atoms with van der Waals surface area (Å²) in [5.41, 5.74) is 0.810. The van der Waals surface area contributed by atoms with Gasteiger partial charge in [-0.3, -0.25) is 4.79 Å². The lowest BCUT2D eigenvalue weighted by Gasteiger charge is -2.10. The number of rotatable bonds is 3. The van der Waals surface area contributed by atoms with Crippen molar-refractivity contribution >= 4 is 5.78 Å². The molecule has 0 bridgehead atoms. The van der Waals surface area contributed by atoms with Crippen molar-refractivity contribution in [2.45, 2.75) is 20.8 Å². The summed E-state index contributed by atoms with van der Waals surface area (Å²) in [5, 5.41) is 0. The second-order valence-electron chi connectivity index (χ2n) is 2.44. The molecular weight excluding hydrogens is 126 g/mol. The van der Waals surface area contributed by atoms with Gasteiger partial charge >= 0.3 is 0 Å². The topological polar surface area (TPSA) is 20.3 Å². The van der Waals surface area contributed by atoms with E-state index in [1.165, 1.54) is 0 Å². The van der Waals surface area contributed by atoms with E-state index < -0.39 is 0 Å². The minimum Gasteiger partial charge on any atom is -0.380 e. The lowest BCUT2D eigenvalue weighted by molar-refractivity contribution is -0.113. The van der Waals surface area contributed by atoms with Crippen molar-refractivity contribution in [3.8, 4) is 0 Å². The Bertz CT molecular complexity index is 149. The molecule has 0 rings (SSSR count). The first-order valence-corrected chi connectivity index (χ1v) is 3.47. The highest BCUT2D eigenvalue weighted by atomic mass is 16.1. The van der Waals surface area contributed by atoms with Crippen molar-refractivity contribution in [2.24, 2.45) is 0 Å². The Morgan fingerprint density at radius 1 is 1.50 bits per heavy atom. The number of hydrogen-bond acceptors (Lipinski definition) is 2. The second kappa shape index (κ2) is 4.09. The Hall–Kier alpha value is -0.790. The van der Waals surface area contributed by atoms with Crippen molar-refractivity contribution in [1.82, 2.24) is 4.90 Å². The zero-order valence-corrected chi connectivity index (χ0v) is 7.14. The summed E-state index contributed by atoms with van der Waals surface area (Å²) in [6, 6.07) is 0. The fourth-order valence-electron chi connectivity index (χ4n) is 0.513. The monoisotopic (exact) mass is 141 g/mol. The average molecular weight is 141 g/mol. The molecular formula is C8H15NO. The Balaban J connectivity index is 4.02. The van der Waals surface area contributed by atoms with E-state index in [1.54, 1.807) is 6.92 Å². The zero-order valence-electron chi connectivity index (χ0n) is 7.14. The third-order valence-electron chi connectivity index (χ3n) is 1.47. The van der Waals surface area contributed by atoms with Gasteiger partial charge in [0.25, 0.3) is 0 Å². The molecule has 0 atom stereocenters. The SMILES string of the molecule is CCN(C)/C=C(/C)C(C)=O. The Morgan fingerprint density at radius 3 is 2.30 bits per heavy atom. The summed E-state index contributed by atoms with van der Waals surface area (Å²) in [7, 11) is 1.95. The van der Waals surface area contributed by atoms with E-state index in [0.717, 1.165) is 12.1 Å². The summed E-state index contributed by atoms with van der Waals surface area (Å²) < 4.78 is 0. The number of allylic oxidation sites excluding steroid dienone is 1. The van der Waals surface area contributed by atoms with Crippen LogP contribution in [0.3, 0.4) is 0 Å². The van der Waals surface area contributed by atoms with Gasteiger partial charge in [0.15, 0.2) is 5.78 Å². The smallest absolute Gasteiger partial charge is 0.156 e. The quantitative estimate of drug-likeness (QED) is 0.554. The Morgan fingerprint density at radius 2 is 2.00 bits per heavy atom. The molecule has 0 aliphatic heterocycles. The van der Waals surface area contributed by atoms with Gasteiger partial charge in [-0.15, -0.1) is 0 Å². The molecule has 0 amide bonds. The van der Waals surface area contributed by atoms with Gasteiger partial charge in [-0.05, 0) is 20.8 Å². The highest BCUT2D eigenvalue weighted by Crippen LogP contribution is 1.95. The van der Waals surface area contributed by atoms with E-state index in [4.69, 9.17) is 0 Å². The summed E-state index contributed by atoms with van der Waals surface area (Å²) in [4.78, 5) is 12.7. The van der Waals surface area contributed by atoms with Gasteiger partial charge in [-0.25, -0.2) is 0 Å². The van der Waals surface area contributed by atoms with Crippen LogP contribution in [0.4, 0.5) is 0 Å². The van der Waals surface area contributed by atoms with Gasteiger partial charge < -0.3 is 4.90 Å². The van der Waals surface area contributed by atoms with Gasteiger partial charge in [0.1, 0.15) is 0 Å². The third-order valence-corrected chi connectivity index (χ3v) is 1.47. The molecule has 0 saturated heterocycles. The molecule has 2 nitrogen and oxygen atoms in total. The number of nitrogens with zero attached hydrogens (tertiary/aromatic N) is 1. The molecule has 0 N–H and O–H groups in total. The highest BCUT2D eigenvalue weighted by Gasteiger charge is 1.95. The maximum atomic E-state index is 10.7. The fraction of sp³-hybridized carbons (Fsp3) is 0.625. The molecule has 0 aliphatic rings. The van der Waals surface area contributed by atoms with Crippen LogP contribution in [0.15, 0.2) is 11.8 Å². The molecule has 0 spiro atoms. The van der Waals surface area contributed by atoms with Gasteiger partial charge in [0.05, 0.1) is 0 Å². The first-order valence-electron chi connectivity index (χ1n) is 3.47. The largest absolute Gasteiger partial charge is 0.380 e. The lowest BCUT2D eigenvalue weighted by atomic mass is 10.2. The maximum Gasteiger partial charge on any atom is 0.156 e. The van der Waals surface area contributed by atoms with Crippen LogP contribution < -0.4 is 0 Å². The Labute approximate surface area is 62.5 Å². The predicted molar refractivity (Wildman–Crippen MR) is 42.7 cm³/mol. The molecule has 0 aromatic heterocycles. The number of ketones is 1. The summed E-state index contributed by atoms with van der Waals surface area (Å²) in [6.07, 6.45) is 1.86. The van der Waals surface area contributed by atoms with E-state index in [-0.39, 0.29) is 5.78 Å². The van der Waals surface area contributed by atoms with E-state index in [2.05, 4.69) is 0 Å². The van der Waals surface area contributed by atoms with E-state index in [0.29, 0.717) is 0 Å². The van der Waals surface area contributed by atoms with Crippen molar-refractivity contribution < 1.29 is 4.79 Å². The van der Waals surface area contributed by atoms with E-state index in [9.17, 15) is 4.79 Å².